The molecular weight excluding hydrogens is 159 g/mol. The zero-order valence-corrected chi connectivity index (χ0v) is 6.89. The van der Waals surface area contributed by atoms with Crippen LogP contribution in [0.15, 0.2) is 12.1 Å². The van der Waals surface area contributed by atoms with Crippen LogP contribution in [0.3, 0.4) is 0 Å². The molecule has 0 spiro atoms. The third kappa shape index (κ3) is 1.30. The number of aromatic hydroxyl groups is 1. The van der Waals surface area contributed by atoms with E-state index in [1.165, 1.54) is 26.0 Å². The van der Waals surface area contributed by atoms with Crippen molar-refractivity contribution in [3.8, 4) is 5.75 Å². The van der Waals surface area contributed by atoms with Crippen molar-refractivity contribution >= 4 is 5.78 Å². The maximum absolute atomic E-state index is 12.8. The van der Waals surface area contributed by atoms with Crippen LogP contribution < -0.4 is 0 Å². The highest BCUT2D eigenvalue weighted by Gasteiger charge is 2.11. The van der Waals surface area contributed by atoms with Crippen LogP contribution in [0, 0.1) is 12.7 Å². The molecule has 64 valence electrons. The van der Waals surface area contributed by atoms with E-state index in [2.05, 4.69) is 0 Å². The van der Waals surface area contributed by atoms with Gasteiger partial charge in [0.1, 0.15) is 11.6 Å². The first kappa shape index (κ1) is 8.71. The SMILES string of the molecule is CC(=O)c1ccc(F)c(C)c1O. The van der Waals surface area contributed by atoms with E-state index >= 15 is 0 Å². The lowest BCUT2D eigenvalue weighted by Gasteiger charge is -2.03. The van der Waals surface area contributed by atoms with Crippen molar-refractivity contribution in [3.05, 3.63) is 29.1 Å². The van der Waals surface area contributed by atoms with E-state index in [1.54, 1.807) is 0 Å². The van der Waals surface area contributed by atoms with Crippen molar-refractivity contribution < 1.29 is 14.3 Å². The normalized spacial score (nSPS) is 9.92. The number of phenolic OH excluding ortho intramolecular Hbond substituents is 1. The first-order chi connectivity index (χ1) is 5.54. The first-order valence-electron chi connectivity index (χ1n) is 3.53. The number of carbonyl (C=O) groups is 1. The van der Waals surface area contributed by atoms with Crippen molar-refractivity contribution in [3.63, 3.8) is 0 Å². The van der Waals surface area contributed by atoms with Gasteiger partial charge >= 0.3 is 0 Å². The Labute approximate surface area is 69.6 Å². The second-order valence-corrected chi connectivity index (χ2v) is 2.62. The summed E-state index contributed by atoms with van der Waals surface area (Å²) in [5.74, 6) is -1.03. The molecule has 1 rings (SSSR count). The van der Waals surface area contributed by atoms with Gasteiger partial charge in [-0.25, -0.2) is 4.39 Å². The Morgan fingerprint density at radius 1 is 1.50 bits per heavy atom. The van der Waals surface area contributed by atoms with Gasteiger partial charge in [-0.2, -0.15) is 0 Å². The number of carbonyl (C=O) groups excluding carboxylic acids is 1. The van der Waals surface area contributed by atoms with Gasteiger partial charge in [0.2, 0.25) is 0 Å². The fraction of sp³-hybridized carbons (Fsp3) is 0.222. The maximum Gasteiger partial charge on any atom is 0.163 e. The Balaban J connectivity index is 3.36. The Hall–Kier alpha value is -1.38. The van der Waals surface area contributed by atoms with E-state index in [9.17, 15) is 14.3 Å². The fourth-order valence-corrected chi connectivity index (χ4v) is 0.960. The second-order valence-electron chi connectivity index (χ2n) is 2.62. The van der Waals surface area contributed by atoms with Crippen molar-refractivity contribution in [1.29, 1.82) is 0 Å². The van der Waals surface area contributed by atoms with Gasteiger partial charge in [-0.05, 0) is 26.0 Å². The van der Waals surface area contributed by atoms with Gasteiger partial charge in [-0.15, -0.1) is 0 Å². The molecule has 1 N–H and O–H groups in total. The summed E-state index contributed by atoms with van der Waals surface area (Å²) in [5, 5.41) is 9.29. The van der Waals surface area contributed by atoms with Crippen LogP contribution in [0.4, 0.5) is 4.39 Å². The van der Waals surface area contributed by atoms with E-state index < -0.39 is 5.82 Å². The predicted molar refractivity (Wildman–Crippen MR) is 42.8 cm³/mol. The van der Waals surface area contributed by atoms with Gasteiger partial charge in [0.25, 0.3) is 0 Å². The molecule has 3 heteroatoms. The Kier molecular flexibility index (Phi) is 2.13. The molecule has 0 heterocycles. The first-order valence-corrected chi connectivity index (χ1v) is 3.53. The van der Waals surface area contributed by atoms with Crippen LogP contribution in [0.1, 0.15) is 22.8 Å². The van der Waals surface area contributed by atoms with E-state index in [4.69, 9.17) is 0 Å². The molecule has 2 nitrogen and oxygen atoms in total. The topological polar surface area (TPSA) is 37.3 Å². The third-order valence-electron chi connectivity index (χ3n) is 1.74. The highest BCUT2D eigenvalue weighted by atomic mass is 19.1. The molecule has 0 fully saturated rings. The Morgan fingerprint density at radius 2 is 2.08 bits per heavy atom. The molecule has 0 bridgehead atoms. The number of hydrogen-bond acceptors (Lipinski definition) is 2. The molecule has 0 saturated heterocycles. The molecule has 0 aliphatic carbocycles. The van der Waals surface area contributed by atoms with Gasteiger partial charge in [-0.1, -0.05) is 0 Å². The van der Waals surface area contributed by atoms with E-state index in [1.807, 2.05) is 0 Å². The lowest BCUT2D eigenvalue weighted by molar-refractivity contribution is 0.101. The van der Waals surface area contributed by atoms with Crippen LogP contribution in [-0.4, -0.2) is 10.9 Å². The van der Waals surface area contributed by atoms with Crippen LogP contribution in [-0.2, 0) is 0 Å². The standard InChI is InChI=1S/C9H9FO2/c1-5-8(10)4-3-7(6(2)11)9(5)12/h3-4,12H,1-2H3. The number of benzene rings is 1. The molecule has 0 saturated carbocycles. The van der Waals surface area contributed by atoms with Crippen molar-refractivity contribution in [2.24, 2.45) is 0 Å². The van der Waals surface area contributed by atoms with Gasteiger partial charge in [0.05, 0.1) is 5.56 Å². The molecule has 0 unspecified atom stereocenters. The number of hydrogen-bond donors (Lipinski definition) is 1. The van der Waals surface area contributed by atoms with Crippen molar-refractivity contribution in [2.75, 3.05) is 0 Å². The van der Waals surface area contributed by atoms with Gasteiger partial charge in [-0.3, -0.25) is 4.79 Å². The minimum absolute atomic E-state index is 0.114. The predicted octanol–water partition coefficient (Wildman–Crippen LogP) is 2.04. The lowest BCUT2D eigenvalue weighted by Crippen LogP contribution is -1.95. The molecule has 0 aromatic heterocycles. The number of rotatable bonds is 1. The van der Waals surface area contributed by atoms with Crippen LogP contribution in [0.5, 0.6) is 5.75 Å². The van der Waals surface area contributed by atoms with Crippen molar-refractivity contribution in [1.82, 2.24) is 0 Å². The average molecular weight is 168 g/mol. The highest BCUT2D eigenvalue weighted by Crippen LogP contribution is 2.24. The van der Waals surface area contributed by atoms with Crippen LogP contribution in [0.25, 0.3) is 0 Å². The van der Waals surface area contributed by atoms with E-state index in [-0.39, 0.29) is 22.7 Å². The molecular formula is C9H9FO2. The number of halogens is 1. The molecule has 1 aromatic carbocycles. The summed E-state index contributed by atoms with van der Waals surface area (Å²) >= 11 is 0. The number of Topliss-reactive ketones (excluding diaryl/α,β-unsaturated/α-hetero) is 1. The molecule has 1 aromatic rings. The van der Waals surface area contributed by atoms with E-state index in [0.29, 0.717) is 0 Å². The maximum atomic E-state index is 12.8. The molecule has 12 heavy (non-hydrogen) atoms. The number of ketones is 1. The monoisotopic (exact) mass is 168 g/mol. The minimum atomic E-state index is -0.502. The molecule has 0 aliphatic heterocycles. The molecule has 0 atom stereocenters. The van der Waals surface area contributed by atoms with Crippen molar-refractivity contribution in [2.45, 2.75) is 13.8 Å². The summed E-state index contributed by atoms with van der Waals surface area (Å²) < 4.78 is 12.8. The fourth-order valence-electron chi connectivity index (χ4n) is 0.960. The Morgan fingerprint density at radius 3 is 2.58 bits per heavy atom. The summed E-state index contributed by atoms with van der Waals surface area (Å²) in [6.07, 6.45) is 0. The minimum Gasteiger partial charge on any atom is -0.507 e. The quantitative estimate of drug-likeness (QED) is 0.651. The molecule has 0 radical (unpaired) electrons. The average Bonchev–Trinajstić information content (AvgIpc) is 2.00. The zero-order valence-electron chi connectivity index (χ0n) is 6.89. The smallest absolute Gasteiger partial charge is 0.163 e. The van der Waals surface area contributed by atoms with Crippen LogP contribution in [0.2, 0.25) is 0 Å². The second kappa shape index (κ2) is 2.93. The summed E-state index contributed by atoms with van der Waals surface area (Å²) in [6, 6.07) is 2.45. The lowest BCUT2D eigenvalue weighted by atomic mass is 10.1. The zero-order chi connectivity index (χ0) is 9.30. The summed E-state index contributed by atoms with van der Waals surface area (Å²) in [4.78, 5) is 10.8. The van der Waals surface area contributed by atoms with E-state index in [0.717, 1.165) is 0 Å². The third-order valence-corrected chi connectivity index (χ3v) is 1.74. The molecule has 0 aliphatic rings. The largest absolute Gasteiger partial charge is 0.507 e. The Bertz CT molecular complexity index is 332. The summed E-state index contributed by atoms with van der Waals surface area (Å²) in [5.41, 5.74) is 0.275. The number of phenols is 1. The van der Waals surface area contributed by atoms with Gasteiger partial charge in [0, 0.05) is 5.56 Å². The summed E-state index contributed by atoms with van der Waals surface area (Å²) in [6.45, 7) is 2.75. The van der Waals surface area contributed by atoms with Gasteiger partial charge in [0.15, 0.2) is 5.78 Å². The van der Waals surface area contributed by atoms with Gasteiger partial charge < -0.3 is 5.11 Å². The highest BCUT2D eigenvalue weighted by molar-refractivity contribution is 5.97. The molecule has 0 amide bonds. The summed E-state index contributed by atoms with van der Waals surface area (Å²) in [7, 11) is 0. The van der Waals surface area contributed by atoms with Crippen LogP contribution >= 0.6 is 0 Å².